The molecule has 0 aliphatic carbocycles. The molecule has 2 aromatic rings. The van der Waals surface area contributed by atoms with Crippen LogP contribution in [0.25, 0.3) is 0 Å². The van der Waals surface area contributed by atoms with Crippen molar-refractivity contribution in [1.29, 1.82) is 0 Å². The third kappa shape index (κ3) is 2.40. The maximum absolute atomic E-state index is 14.1. The number of carboxylic acids is 1. The lowest BCUT2D eigenvalue weighted by atomic mass is 10.2. The van der Waals surface area contributed by atoms with Crippen LogP contribution in [0.2, 0.25) is 0 Å². The number of hydrogen-bond acceptors (Lipinski definition) is 3. The van der Waals surface area contributed by atoms with Crippen LogP contribution in [0.3, 0.4) is 0 Å². The SMILES string of the molecule is Cc1nn(C)c(C)c1Oc1ccc(C(=O)O)c(Br)c1F. The lowest BCUT2D eigenvalue weighted by Gasteiger charge is -2.09. The van der Waals surface area contributed by atoms with E-state index in [0.717, 1.165) is 5.69 Å². The Morgan fingerprint density at radius 2 is 2.10 bits per heavy atom. The summed E-state index contributed by atoms with van der Waals surface area (Å²) < 4.78 is 21.1. The van der Waals surface area contributed by atoms with Gasteiger partial charge in [-0.3, -0.25) is 4.68 Å². The number of halogens is 2. The molecule has 0 radical (unpaired) electrons. The third-order valence-corrected chi connectivity index (χ3v) is 3.71. The van der Waals surface area contributed by atoms with Crippen molar-refractivity contribution in [3.63, 3.8) is 0 Å². The molecule has 1 aromatic carbocycles. The molecule has 0 spiro atoms. The van der Waals surface area contributed by atoms with Crippen LogP contribution >= 0.6 is 15.9 Å². The Kier molecular flexibility index (Phi) is 3.80. The molecular formula is C13H12BrFN2O3. The zero-order valence-electron chi connectivity index (χ0n) is 11.1. The molecule has 1 aromatic heterocycles. The van der Waals surface area contributed by atoms with Gasteiger partial charge in [0, 0.05) is 7.05 Å². The molecule has 0 aliphatic heterocycles. The van der Waals surface area contributed by atoms with Crippen molar-refractivity contribution in [3.8, 4) is 11.5 Å². The fourth-order valence-electron chi connectivity index (χ4n) is 1.79. The molecule has 7 heteroatoms. The Bertz CT molecular complexity index is 697. The minimum Gasteiger partial charge on any atom is -0.478 e. The number of aromatic carboxylic acids is 1. The normalized spacial score (nSPS) is 10.7. The molecule has 0 aliphatic rings. The van der Waals surface area contributed by atoms with Crippen molar-refractivity contribution in [2.45, 2.75) is 13.8 Å². The van der Waals surface area contributed by atoms with Crippen molar-refractivity contribution >= 4 is 21.9 Å². The molecule has 5 nitrogen and oxygen atoms in total. The topological polar surface area (TPSA) is 64.4 Å². The second-order valence-corrected chi connectivity index (χ2v) is 5.06. The standard InChI is InChI=1S/C13H12BrFN2O3/c1-6-12(7(2)17(3)16-6)20-9-5-4-8(13(18)19)10(14)11(9)15/h4-5H,1-3H3,(H,18,19). The molecular weight excluding hydrogens is 331 g/mol. The van der Waals surface area contributed by atoms with Crippen LogP contribution in [0.1, 0.15) is 21.7 Å². The van der Waals surface area contributed by atoms with Crippen molar-refractivity contribution in [2.24, 2.45) is 7.05 Å². The molecule has 0 atom stereocenters. The monoisotopic (exact) mass is 342 g/mol. The maximum atomic E-state index is 14.1. The molecule has 2 rings (SSSR count). The second kappa shape index (κ2) is 5.24. The Morgan fingerprint density at radius 1 is 1.45 bits per heavy atom. The van der Waals surface area contributed by atoms with Gasteiger partial charge in [0.25, 0.3) is 0 Å². The van der Waals surface area contributed by atoms with Crippen LogP contribution in [-0.4, -0.2) is 20.9 Å². The minimum atomic E-state index is -1.21. The van der Waals surface area contributed by atoms with E-state index in [9.17, 15) is 9.18 Å². The second-order valence-electron chi connectivity index (χ2n) is 4.27. The average Bonchev–Trinajstić information content (AvgIpc) is 2.61. The van der Waals surface area contributed by atoms with Crippen molar-refractivity contribution < 1.29 is 19.0 Å². The van der Waals surface area contributed by atoms with E-state index in [1.807, 2.05) is 0 Å². The number of rotatable bonds is 3. The highest BCUT2D eigenvalue weighted by Gasteiger charge is 2.19. The quantitative estimate of drug-likeness (QED) is 0.927. The van der Waals surface area contributed by atoms with Crippen molar-refractivity contribution in [2.75, 3.05) is 0 Å². The first-order valence-electron chi connectivity index (χ1n) is 5.72. The molecule has 20 heavy (non-hydrogen) atoms. The van der Waals surface area contributed by atoms with Gasteiger partial charge in [-0.05, 0) is 41.9 Å². The highest BCUT2D eigenvalue weighted by atomic mass is 79.9. The van der Waals surface area contributed by atoms with Gasteiger partial charge in [-0.1, -0.05) is 0 Å². The summed E-state index contributed by atoms with van der Waals surface area (Å²) >= 11 is 2.93. The van der Waals surface area contributed by atoms with Gasteiger partial charge < -0.3 is 9.84 Å². The molecule has 0 fully saturated rings. The van der Waals surface area contributed by atoms with E-state index in [4.69, 9.17) is 9.84 Å². The van der Waals surface area contributed by atoms with E-state index in [1.165, 1.54) is 12.1 Å². The number of benzene rings is 1. The highest BCUT2D eigenvalue weighted by molar-refractivity contribution is 9.10. The summed E-state index contributed by atoms with van der Waals surface area (Å²) in [5.74, 6) is -1.56. The first-order valence-corrected chi connectivity index (χ1v) is 6.51. The van der Waals surface area contributed by atoms with Crippen LogP contribution in [-0.2, 0) is 7.05 Å². The van der Waals surface area contributed by atoms with E-state index in [0.29, 0.717) is 11.4 Å². The van der Waals surface area contributed by atoms with Gasteiger partial charge in [-0.15, -0.1) is 0 Å². The summed E-state index contributed by atoms with van der Waals surface area (Å²) in [7, 11) is 1.76. The number of carboxylic acid groups (broad SMARTS) is 1. The highest BCUT2D eigenvalue weighted by Crippen LogP contribution is 2.34. The molecule has 0 unspecified atom stereocenters. The number of ether oxygens (including phenoxy) is 1. The summed E-state index contributed by atoms with van der Waals surface area (Å²) in [4.78, 5) is 10.9. The Morgan fingerprint density at radius 3 is 2.60 bits per heavy atom. The molecule has 1 heterocycles. The zero-order chi connectivity index (χ0) is 15.0. The van der Waals surface area contributed by atoms with Gasteiger partial charge in [0.15, 0.2) is 17.3 Å². The van der Waals surface area contributed by atoms with E-state index in [2.05, 4.69) is 21.0 Å². The van der Waals surface area contributed by atoms with Crippen LogP contribution in [0.4, 0.5) is 4.39 Å². The van der Waals surface area contributed by atoms with Crippen molar-refractivity contribution in [1.82, 2.24) is 9.78 Å². The van der Waals surface area contributed by atoms with Gasteiger partial charge >= 0.3 is 5.97 Å². The summed E-state index contributed by atoms with van der Waals surface area (Å²) in [6.07, 6.45) is 0. The number of carbonyl (C=O) groups is 1. The summed E-state index contributed by atoms with van der Waals surface area (Å²) in [6, 6.07) is 2.57. The van der Waals surface area contributed by atoms with E-state index in [-0.39, 0.29) is 15.8 Å². The fourth-order valence-corrected chi connectivity index (χ4v) is 2.28. The van der Waals surface area contributed by atoms with Crippen LogP contribution in [0.15, 0.2) is 16.6 Å². The summed E-state index contributed by atoms with van der Waals surface area (Å²) in [6.45, 7) is 3.55. The predicted molar refractivity (Wildman–Crippen MR) is 73.8 cm³/mol. The molecule has 0 amide bonds. The predicted octanol–water partition coefficient (Wildman–Crippen LogP) is 3.43. The fraction of sp³-hybridized carbons (Fsp3) is 0.231. The number of hydrogen-bond donors (Lipinski definition) is 1. The Labute approximate surface area is 123 Å². The summed E-state index contributed by atoms with van der Waals surface area (Å²) in [5, 5.41) is 13.1. The van der Waals surface area contributed by atoms with Crippen LogP contribution in [0, 0.1) is 19.7 Å². The Hall–Kier alpha value is -1.89. The number of aryl methyl sites for hydroxylation is 2. The largest absolute Gasteiger partial charge is 0.478 e. The van der Waals surface area contributed by atoms with Crippen molar-refractivity contribution in [3.05, 3.63) is 39.4 Å². The van der Waals surface area contributed by atoms with Crippen LogP contribution in [0.5, 0.6) is 11.5 Å². The molecule has 0 bridgehead atoms. The molecule has 0 saturated carbocycles. The van der Waals surface area contributed by atoms with Gasteiger partial charge in [-0.25, -0.2) is 9.18 Å². The van der Waals surface area contributed by atoms with Crippen LogP contribution < -0.4 is 4.74 Å². The third-order valence-electron chi connectivity index (χ3n) is 2.93. The first-order chi connectivity index (χ1) is 9.32. The van der Waals surface area contributed by atoms with E-state index in [1.54, 1.807) is 25.6 Å². The summed E-state index contributed by atoms with van der Waals surface area (Å²) in [5.41, 5.74) is 1.22. The minimum absolute atomic E-state index is 0.0546. The van der Waals surface area contributed by atoms with Gasteiger partial charge in [0.05, 0.1) is 15.7 Å². The lowest BCUT2D eigenvalue weighted by Crippen LogP contribution is -2.01. The zero-order valence-corrected chi connectivity index (χ0v) is 12.7. The smallest absolute Gasteiger partial charge is 0.336 e. The number of aromatic nitrogens is 2. The van der Waals surface area contributed by atoms with Gasteiger partial charge in [0.2, 0.25) is 0 Å². The lowest BCUT2D eigenvalue weighted by molar-refractivity contribution is 0.0695. The molecule has 106 valence electrons. The molecule has 1 N–H and O–H groups in total. The maximum Gasteiger partial charge on any atom is 0.336 e. The average molecular weight is 343 g/mol. The Balaban J connectivity index is 2.45. The molecule has 0 saturated heterocycles. The number of nitrogens with zero attached hydrogens (tertiary/aromatic N) is 2. The first kappa shape index (κ1) is 14.5. The van der Waals surface area contributed by atoms with Gasteiger partial charge in [0.1, 0.15) is 5.69 Å². The van der Waals surface area contributed by atoms with E-state index >= 15 is 0 Å². The van der Waals surface area contributed by atoms with Gasteiger partial charge in [-0.2, -0.15) is 5.10 Å². The van der Waals surface area contributed by atoms with E-state index < -0.39 is 11.8 Å².